The van der Waals surface area contributed by atoms with Crippen molar-refractivity contribution in [2.24, 2.45) is 5.73 Å². The average molecular weight is 273 g/mol. The first-order valence-corrected chi connectivity index (χ1v) is 6.97. The van der Waals surface area contributed by atoms with Crippen molar-refractivity contribution in [2.45, 2.75) is 20.4 Å². The standard InChI is InChI=1S/C16H23N3O/c1-3-18-16(20)13-19(4-2)12-15-9-6-5-8-14(15)10-7-11-17/h5-6,8-9H,3-4,11-13,17H2,1-2H3,(H,18,20). The van der Waals surface area contributed by atoms with Crippen molar-refractivity contribution >= 4 is 5.91 Å². The molecule has 20 heavy (non-hydrogen) atoms. The Hall–Kier alpha value is -1.83. The number of carbonyl (C=O) groups excluding carboxylic acids is 1. The van der Waals surface area contributed by atoms with E-state index in [9.17, 15) is 4.79 Å². The molecule has 0 aliphatic heterocycles. The van der Waals surface area contributed by atoms with Gasteiger partial charge in [0.2, 0.25) is 5.91 Å². The molecule has 3 N–H and O–H groups in total. The van der Waals surface area contributed by atoms with Crippen LogP contribution in [-0.2, 0) is 11.3 Å². The molecule has 0 unspecified atom stereocenters. The molecule has 0 aliphatic carbocycles. The Kier molecular flexibility index (Phi) is 7.41. The van der Waals surface area contributed by atoms with Gasteiger partial charge in [-0.2, -0.15) is 0 Å². The van der Waals surface area contributed by atoms with Crippen LogP contribution < -0.4 is 11.1 Å². The summed E-state index contributed by atoms with van der Waals surface area (Å²) in [6, 6.07) is 7.98. The van der Waals surface area contributed by atoms with E-state index in [2.05, 4.69) is 22.1 Å². The minimum Gasteiger partial charge on any atom is -0.355 e. The van der Waals surface area contributed by atoms with Gasteiger partial charge in [0.05, 0.1) is 13.1 Å². The summed E-state index contributed by atoms with van der Waals surface area (Å²) in [6.07, 6.45) is 0. The van der Waals surface area contributed by atoms with Gasteiger partial charge in [-0.1, -0.05) is 37.0 Å². The van der Waals surface area contributed by atoms with Crippen LogP contribution in [0.1, 0.15) is 25.0 Å². The van der Waals surface area contributed by atoms with Crippen molar-refractivity contribution in [3.63, 3.8) is 0 Å². The van der Waals surface area contributed by atoms with E-state index >= 15 is 0 Å². The largest absolute Gasteiger partial charge is 0.355 e. The molecule has 0 bridgehead atoms. The van der Waals surface area contributed by atoms with E-state index < -0.39 is 0 Å². The first-order chi connectivity index (χ1) is 9.71. The fraction of sp³-hybridized carbons (Fsp3) is 0.438. The van der Waals surface area contributed by atoms with Gasteiger partial charge in [0.1, 0.15) is 0 Å². The Morgan fingerprint density at radius 2 is 2.10 bits per heavy atom. The molecule has 0 fully saturated rings. The zero-order valence-electron chi connectivity index (χ0n) is 12.3. The lowest BCUT2D eigenvalue weighted by molar-refractivity contribution is -0.122. The first kappa shape index (κ1) is 16.2. The van der Waals surface area contributed by atoms with Crippen LogP contribution >= 0.6 is 0 Å². The van der Waals surface area contributed by atoms with Gasteiger partial charge in [0, 0.05) is 18.7 Å². The fourth-order valence-corrected chi connectivity index (χ4v) is 1.90. The molecule has 0 atom stereocenters. The third-order valence-electron chi connectivity index (χ3n) is 2.92. The van der Waals surface area contributed by atoms with Gasteiger partial charge < -0.3 is 11.1 Å². The molecule has 0 saturated heterocycles. The van der Waals surface area contributed by atoms with Crippen molar-refractivity contribution in [3.8, 4) is 11.8 Å². The number of hydrogen-bond donors (Lipinski definition) is 2. The van der Waals surface area contributed by atoms with Crippen molar-refractivity contribution in [1.29, 1.82) is 0 Å². The van der Waals surface area contributed by atoms with Gasteiger partial charge in [0.25, 0.3) is 0 Å². The van der Waals surface area contributed by atoms with Gasteiger partial charge >= 0.3 is 0 Å². The zero-order chi connectivity index (χ0) is 14.8. The van der Waals surface area contributed by atoms with Crippen LogP contribution in [0.4, 0.5) is 0 Å². The van der Waals surface area contributed by atoms with Gasteiger partial charge in [-0.25, -0.2) is 0 Å². The predicted octanol–water partition coefficient (Wildman–Crippen LogP) is 0.955. The Morgan fingerprint density at radius 3 is 2.75 bits per heavy atom. The molecular weight excluding hydrogens is 250 g/mol. The maximum Gasteiger partial charge on any atom is 0.234 e. The highest BCUT2D eigenvalue weighted by atomic mass is 16.2. The fourth-order valence-electron chi connectivity index (χ4n) is 1.90. The Labute approximate surface area is 121 Å². The Balaban J connectivity index is 2.77. The quantitative estimate of drug-likeness (QED) is 0.759. The molecule has 0 aromatic heterocycles. The van der Waals surface area contributed by atoms with E-state index in [0.717, 1.165) is 17.7 Å². The number of benzene rings is 1. The average Bonchev–Trinajstić information content (AvgIpc) is 2.45. The number of carbonyl (C=O) groups is 1. The summed E-state index contributed by atoms with van der Waals surface area (Å²) in [5.74, 6) is 6.01. The molecule has 0 aliphatic rings. The predicted molar refractivity (Wildman–Crippen MR) is 82.0 cm³/mol. The summed E-state index contributed by atoms with van der Waals surface area (Å²) in [6.45, 7) is 6.92. The van der Waals surface area contributed by atoms with E-state index in [1.807, 2.05) is 38.1 Å². The summed E-state index contributed by atoms with van der Waals surface area (Å²) < 4.78 is 0. The van der Waals surface area contributed by atoms with Gasteiger partial charge in [-0.15, -0.1) is 0 Å². The number of likely N-dealkylation sites (N-methyl/N-ethyl adjacent to an activating group) is 2. The molecular formula is C16H23N3O. The molecule has 1 amide bonds. The van der Waals surface area contributed by atoms with Crippen LogP contribution in [0.15, 0.2) is 24.3 Å². The third-order valence-corrected chi connectivity index (χ3v) is 2.92. The number of nitrogens with one attached hydrogen (secondary N) is 1. The highest BCUT2D eigenvalue weighted by molar-refractivity contribution is 5.77. The van der Waals surface area contributed by atoms with E-state index in [1.165, 1.54) is 0 Å². The summed E-state index contributed by atoms with van der Waals surface area (Å²) in [4.78, 5) is 13.8. The number of nitrogens with zero attached hydrogens (tertiary/aromatic N) is 1. The van der Waals surface area contributed by atoms with E-state index in [1.54, 1.807) is 0 Å². The van der Waals surface area contributed by atoms with E-state index in [0.29, 0.717) is 26.2 Å². The van der Waals surface area contributed by atoms with Crippen molar-refractivity contribution in [3.05, 3.63) is 35.4 Å². The summed E-state index contributed by atoms with van der Waals surface area (Å²) >= 11 is 0. The minimum absolute atomic E-state index is 0.0554. The normalized spacial score (nSPS) is 10.0. The van der Waals surface area contributed by atoms with Gasteiger partial charge in [-0.05, 0) is 25.1 Å². The topological polar surface area (TPSA) is 58.4 Å². The lowest BCUT2D eigenvalue weighted by Gasteiger charge is -2.20. The van der Waals surface area contributed by atoms with E-state index in [4.69, 9.17) is 5.73 Å². The van der Waals surface area contributed by atoms with Crippen molar-refractivity contribution in [1.82, 2.24) is 10.2 Å². The number of hydrogen-bond acceptors (Lipinski definition) is 3. The highest BCUT2D eigenvalue weighted by Gasteiger charge is 2.10. The van der Waals surface area contributed by atoms with Crippen LogP contribution in [-0.4, -0.2) is 37.0 Å². The maximum absolute atomic E-state index is 11.7. The summed E-state index contributed by atoms with van der Waals surface area (Å²) in [5.41, 5.74) is 7.52. The number of rotatable bonds is 6. The molecule has 0 spiro atoms. The van der Waals surface area contributed by atoms with Crippen LogP contribution in [0.3, 0.4) is 0 Å². The second-order valence-corrected chi connectivity index (χ2v) is 4.42. The first-order valence-electron chi connectivity index (χ1n) is 6.97. The van der Waals surface area contributed by atoms with Crippen LogP contribution in [0.25, 0.3) is 0 Å². The zero-order valence-corrected chi connectivity index (χ0v) is 12.3. The van der Waals surface area contributed by atoms with Gasteiger partial charge in [-0.3, -0.25) is 9.69 Å². The van der Waals surface area contributed by atoms with Crippen LogP contribution in [0.5, 0.6) is 0 Å². The Bertz CT molecular complexity index is 488. The molecule has 4 heteroatoms. The number of amides is 1. The molecule has 4 nitrogen and oxygen atoms in total. The van der Waals surface area contributed by atoms with E-state index in [-0.39, 0.29) is 5.91 Å². The SMILES string of the molecule is CCNC(=O)CN(CC)Cc1ccccc1C#CCN. The maximum atomic E-state index is 11.7. The minimum atomic E-state index is 0.0554. The Morgan fingerprint density at radius 1 is 1.35 bits per heavy atom. The monoisotopic (exact) mass is 273 g/mol. The van der Waals surface area contributed by atoms with Gasteiger partial charge in [0.15, 0.2) is 0 Å². The third kappa shape index (κ3) is 5.43. The smallest absolute Gasteiger partial charge is 0.234 e. The molecule has 1 rings (SSSR count). The molecule has 0 radical (unpaired) electrons. The molecule has 0 saturated carbocycles. The van der Waals surface area contributed by atoms with Crippen molar-refractivity contribution in [2.75, 3.05) is 26.2 Å². The molecule has 1 aromatic carbocycles. The number of nitrogens with two attached hydrogens (primary N) is 1. The second kappa shape index (κ2) is 9.13. The summed E-state index contributed by atoms with van der Waals surface area (Å²) in [5, 5.41) is 2.82. The van der Waals surface area contributed by atoms with Crippen LogP contribution in [0, 0.1) is 11.8 Å². The lowest BCUT2D eigenvalue weighted by atomic mass is 10.1. The molecule has 108 valence electrons. The lowest BCUT2D eigenvalue weighted by Crippen LogP contribution is -2.36. The highest BCUT2D eigenvalue weighted by Crippen LogP contribution is 2.10. The second-order valence-electron chi connectivity index (χ2n) is 4.42. The van der Waals surface area contributed by atoms with Crippen molar-refractivity contribution < 1.29 is 4.79 Å². The molecule has 1 aromatic rings. The van der Waals surface area contributed by atoms with Crippen LogP contribution in [0.2, 0.25) is 0 Å². The summed E-state index contributed by atoms with van der Waals surface area (Å²) in [7, 11) is 0. The molecule has 0 heterocycles.